The van der Waals surface area contributed by atoms with Gasteiger partial charge >= 0.3 is 0 Å². The first kappa shape index (κ1) is 75.9. The van der Waals surface area contributed by atoms with Crippen LogP contribution in [0.1, 0.15) is 16.8 Å². The molecular formula is C123H76N6O3. The molecule has 0 atom stereocenters. The van der Waals surface area contributed by atoms with Gasteiger partial charge in [0.25, 0.3) is 0 Å². The third kappa shape index (κ3) is 12.2. The van der Waals surface area contributed by atoms with Gasteiger partial charge in [-0.05, 0) is 145 Å². The fourth-order valence-electron chi connectivity index (χ4n) is 20.7. The van der Waals surface area contributed by atoms with Crippen molar-refractivity contribution in [1.82, 2.24) is 29.9 Å². The van der Waals surface area contributed by atoms with E-state index in [2.05, 4.69) is 379 Å². The molecule has 9 heteroatoms. The summed E-state index contributed by atoms with van der Waals surface area (Å²) in [6.45, 7) is 6.35. The quantitative estimate of drug-likeness (QED) is 0.144. The normalized spacial score (nSPS) is 11.9. The number of para-hydroxylation sites is 3. The molecule has 0 spiro atoms. The smallest absolute Gasteiger partial charge is 0.143 e. The van der Waals surface area contributed by atoms with E-state index in [0.29, 0.717) is 0 Å². The van der Waals surface area contributed by atoms with Gasteiger partial charge in [-0.25, -0.2) is 24.9 Å². The van der Waals surface area contributed by atoms with Crippen LogP contribution in [0, 0.1) is 20.8 Å². The van der Waals surface area contributed by atoms with Crippen LogP contribution in [-0.2, 0) is 0 Å². The SMILES string of the molecule is Cc1ccc2c(c1)c1cc(C)ccc1c1nc(-c3cccc(-c4cc5ccccc5c5c4oc4ccccc45)c3)cnc21.Cc1nc2c3ccccc3c3ccccc3c2nc1-c1ccccc1-c1cc2ccccc2c2c1oc1ccccc12.c1ccc(-c2nc3c4ccccc4c4ccccc4c3nc2-c2ccc(-c3cc4ccccc4c4c3oc3ccccc34)cc2)cc1. The Morgan fingerprint density at radius 1 is 0.189 bits per heavy atom. The molecule has 0 saturated carbocycles. The standard InChI is InChI=1S/C44H26N2O.C40H26N2O.C39H24N2O/c1-2-12-28(13-3-1)40-41(46-43-35-19-9-7-17-33(35)32-16-6-8-18-34(32)42(43)45-40)29-24-22-27(23-25-29)37-26-30-14-4-5-15-31(30)39-36-20-10-11-21-38(36)47-44(37)39;1-23-14-16-29-33(18-23)34-19-24(2)15-17-30(34)39-38(29)41-22-35(42-39)27-10-7-9-25(20-27)32-21-26-8-3-4-11-28(26)37-31-12-5-6-13-36(31)43-40(32)37;1-23-36(41-38-31-19-9-5-15-27(31)26-14-4-8-18-30(26)37(38)40-23)29-17-7-6-16-28(29)33-22-24-12-2-3-13-25(24)35-32-20-10-11-21-34(32)42-39(33)35/h1-26H;3-22H,1-2H3;2-22H,1H3. The van der Waals surface area contributed by atoms with Crippen molar-refractivity contribution in [2.45, 2.75) is 20.8 Å². The summed E-state index contributed by atoms with van der Waals surface area (Å²) in [5.41, 5.74) is 28.4. The summed E-state index contributed by atoms with van der Waals surface area (Å²) in [4.78, 5) is 31.8. The van der Waals surface area contributed by atoms with Crippen molar-refractivity contribution in [3.63, 3.8) is 0 Å². The average molecular weight is 1690 g/mol. The molecule has 0 amide bonds. The largest absolute Gasteiger partial charge is 0.455 e. The minimum Gasteiger partial charge on any atom is -0.455 e. The summed E-state index contributed by atoms with van der Waals surface area (Å²) < 4.78 is 19.7. The van der Waals surface area contributed by atoms with Gasteiger partial charge in [0, 0.05) is 104 Å². The highest BCUT2D eigenvalue weighted by Gasteiger charge is 2.26. The van der Waals surface area contributed by atoms with E-state index >= 15 is 0 Å². The van der Waals surface area contributed by atoms with Crippen LogP contribution in [0.3, 0.4) is 0 Å². The van der Waals surface area contributed by atoms with Crippen LogP contribution in [0.25, 0.3) is 274 Å². The molecule has 0 radical (unpaired) electrons. The summed E-state index contributed by atoms with van der Waals surface area (Å²) in [6.07, 6.45) is 1.91. The van der Waals surface area contributed by atoms with E-state index < -0.39 is 0 Å². The predicted molar refractivity (Wildman–Crippen MR) is 550 cm³/mol. The van der Waals surface area contributed by atoms with Gasteiger partial charge < -0.3 is 13.3 Å². The second-order valence-corrected chi connectivity index (χ2v) is 34.6. The van der Waals surface area contributed by atoms with E-state index in [1.165, 1.54) is 75.8 Å². The number of rotatable bonds is 7. The van der Waals surface area contributed by atoms with E-state index in [-0.39, 0.29) is 0 Å². The first-order valence-corrected chi connectivity index (χ1v) is 44.8. The minimum absolute atomic E-state index is 0.851. The summed E-state index contributed by atoms with van der Waals surface area (Å²) >= 11 is 0. The van der Waals surface area contributed by atoms with Crippen LogP contribution < -0.4 is 0 Å². The molecule has 9 nitrogen and oxygen atoms in total. The van der Waals surface area contributed by atoms with Crippen LogP contribution in [0.5, 0.6) is 0 Å². The molecular weight excluding hydrogens is 1610 g/mol. The number of nitrogens with zero attached hydrogens (tertiary/aromatic N) is 6. The maximum absolute atomic E-state index is 6.61. The van der Waals surface area contributed by atoms with Gasteiger partial charge in [-0.15, -0.1) is 0 Å². The fourth-order valence-corrected chi connectivity index (χ4v) is 20.7. The molecule has 0 saturated heterocycles. The Bertz CT molecular complexity index is 9730. The Morgan fingerprint density at radius 2 is 0.523 bits per heavy atom. The van der Waals surface area contributed by atoms with Gasteiger partial charge in [0.05, 0.1) is 67.8 Å². The van der Waals surface area contributed by atoms with Crippen molar-refractivity contribution in [1.29, 1.82) is 0 Å². The highest BCUT2D eigenvalue weighted by atomic mass is 16.3. The maximum Gasteiger partial charge on any atom is 0.143 e. The lowest BCUT2D eigenvalue weighted by Gasteiger charge is -2.15. The number of aryl methyl sites for hydroxylation is 3. The highest BCUT2D eigenvalue weighted by Crippen LogP contribution is 2.49. The Labute approximate surface area is 756 Å². The first-order chi connectivity index (χ1) is 65.2. The molecule has 0 bridgehead atoms. The Balaban J connectivity index is 0.000000104. The Morgan fingerprint density at radius 3 is 1.01 bits per heavy atom. The van der Waals surface area contributed by atoms with E-state index in [0.717, 1.165) is 215 Å². The van der Waals surface area contributed by atoms with E-state index in [4.69, 9.17) is 43.2 Å². The lowest BCUT2D eigenvalue weighted by atomic mass is 9.92. The molecule has 0 unspecified atom stereocenters. The van der Waals surface area contributed by atoms with Crippen molar-refractivity contribution in [2.24, 2.45) is 0 Å². The van der Waals surface area contributed by atoms with Gasteiger partial charge in [-0.2, -0.15) is 0 Å². The van der Waals surface area contributed by atoms with Crippen LogP contribution in [-0.4, -0.2) is 29.9 Å². The van der Waals surface area contributed by atoms with Crippen LogP contribution in [0.15, 0.2) is 420 Å². The molecule has 28 rings (SSSR count). The van der Waals surface area contributed by atoms with Crippen LogP contribution >= 0.6 is 0 Å². The number of hydrogen-bond acceptors (Lipinski definition) is 9. The minimum atomic E-state index is 0.851. The summed E-state index contributed by atoms with van der Waals surface area (Å²) in [5.74, 6) is 0. The molecule has 0 N–H and O–H groups in total. The van der Waals surface area contributed by atoms with E-state index in [1.54, 1.807) is 0 Å². The van der Waals surface area contributed by atoms with E-state index in [9.17, 15) is 0 Å². The van der Waals surface area contributed by atoms with E-state index in [1.807, 2.05) is 48.7 Å². The molecule has 0 aliphatic carbocycles. The van der Waals surface area contributed by atoms with Gasteiger partial charge in [0.2, 0.25) is 0 Å². The fraction of sp³-hybridized carbons (Fsp3) is 0.0244. The number of furan rings is 3. The van der Waals surface area contributed by atoms with Gasteiger partial charge in [-0.1, -0.05) is 369 Å². The molecule has 6 heterocycles. The highest BCUT2D eigenvalue weighted by molar-refractivity contribution is 6.29. The van der Waals surface area contributed by atoms with Crippen molar-refractivity contribution >= 4 is 196 Å². The van der Waals surface area contributed by atoms with Crippen molar-refractivity contribution in [3.8, 4) is 78.4 Å². The zero-order valence-corrected chi connectivity index (χ0v) is 72.1. The molecule has 28 aromatic rings. The second-order valence-electron chi connectivity index (χ2n) is 34.6. The number of fused-ring (bicyclic) bond motifs is 33. The molecule has 0 fully saturated rings. The summed E-state index contributed by atoms with van der Waals surface area (Å²) in [6, 6.07) is 141. The average Bonchev–Trinajstić information content (AvgIpc) is 1.73. The number of benzene rings is 22. The predicted octanol–water partition coefficient (Wildman–Crippen LogP) is 33.6. The lowest BCUT2D eigenvalue weighted by molar-refractivity contribution is 0.670. The third-order valence-corrected chi connectivity index (χ3v) is 26.8. The first-order valence-electron chi connectivity index (χ1n) is 44.8. The zero-order chi connectivity index (χ0) is 87.3. The molecule has 22 aromatic carbocycles. The molecule has 6 aromatic heterocycles. The molecule has 616 valence electrons. The molecule has 0 aliphatic heterocycles. The monoisotopic (exact) mass is 1680 g/mol. The summed E-state index contributed by atoms with van der Waals surface area (Å²) in [7, 11) is 0. The Kier molecular flexibility index (Phi) is 17.5. The third-order valence-electron chi connectivity index (χ3n) is 26.8. The molecule has 0 aliphatic rings. The number of hydrogen-bond donors (Lipinski definition) is 0. The van der Waals surface area contributed by atoms with Crippen molar-refractivity contribution < 1.29 is 13.3 Å². The number of aromatic nitrogens is 6. The van der Waals surface area contributed by atoms with Crippen molar-refractivity contribution in [3.05, 3.63) is 423 Å². The topological polar surface area (TPSA) is 117 Å². The van der Waals surface area contributed by atoms with Gasteiger partial charge in [-0.3, -0.25) is 4.98 Å². The second kappa shape index (κ2) is 30.4. The Hall–Kier alpha value is -17.4. The molecule has 132 heavy (non-hydrogen) atoms. The summed E-state index contributed by atoms with van der Waals surface area (Å²) in [5, 5.41) is 27.9. The maximum atomic E-state index is 6.61. The van der Waals surface area contributed by atoms with Gasteiger partial charge in [0.1, 0.15) is 33.5 Å². The lowest BCUT2D eigenvalue weighted by Crippen LogP contribution is -1.98. The van der Waals surface area contributed by atoms with Gasteiger partial charge in [0.15, 0.2) is 0 Å². The van der Waals surface area contributed by atoms with Crippen molar-refractivity contribution in [2.75, 3.05) is 0 Å². The zero-order valence-electron chi connectivity index (χ0n) is 72.1. The van der Waals surface area contributed by atoms with Crippen LogP contribution in [0.2, 0.25) is 0 Å². The van der Waals surface area contributed by atoms with Crippen LogP contribution in [0.4, 0.5) is 0 Å².